The molecule has 0 spiro atoms. The molecular formula is C10H11N5O. The first-order chi connectivity index (χ1) is 7.79. The van der Waals surface area contributed by atoms with Crippen LogP contribution >= 0.6 is 0 Å². The predicted molar refractivity (Wildman–Crippen MR) is 58.9 cm³/mol. The number of nitrogens with one attached hydrogen (secondary N) is 1. The summed E-state index contributed by atoms with van der Waals surface area (Å²) in [6.45, 7) is 1.86. The molecule has 16 heavy (non-hydrogen) atoms. The number of hydrazine groups is 1. The van der Waals surface area contributed by atoms with Crippen molar-refractivity contribution in [3.8, 4) is 11.6 Å². The van der Waals surface area contributed by atoms with E-state index in [9.17, 15) is 0 Å². The summed E-state index contributed by atoms with van der Waals surface area (Å²) in [6.07, 6.45) is 3.26. The van der Waals surface area contributed by atoms with Gasteiger partial charge in [0.2, 0.25) is 11.8 Å². The molecule has 3 N–H and O–H groups in total. The van der Waals surface area contributed by atoms with Crippen molar-refractivity contribution in [2.75, 3.05) is 5.43 Å². The molecule has 0 aliphatic heterocycles. The van der Waals surface area contributed by atoms with Gasteiger partial charge in [-0.1, -0.05) is 0 Å². The molecule has 82 valence electrons. The number of aryl methyl sites for hydroxylation is 1. The maximum Gasteiger partial charge on any atom is 0.240 e. The van der Waals surface area contributed by atoms with Crippen LogP contribution in [0.1, 0.15) is 5.69 Å². The zero-order valence-electron chi connectivity index (χ0n) is 8.71. The minimum atomic E-state index is 0.305. The Morgan fingerprint density at radius 1 is 1.25 bits per heavy atom. The lowest BCUT2D eigenvalue weighted by atomic mass is 10.3. The van der Waals surface area contributed by atoms with Crippen molar-refractivity contribution in [1.82, 2.24) is 15.0 Å². The standard InChI is InChI=1S/C10H11N5O/c1-7-8(3-2-5-12-7)16-9-4-6-13-10(14-9)15-11/h2-6H,11H2,1H3,(H,13,14,15). The van der Waals surface area contributed by atoms with Gasteiger partial charge in [-0.2, -0.15) is 4.98 Å². The van der Waals surface area contributed by atoms with Crippen LogP contribution < -0.4 is 16.0 Å². The SMILES string of the molecule is Cc1ncccc1Oc1ccnc(NN)n1. The number of hydrogen-bond donors (Lipinski definition) is 2. The molecule has 2 heterocycles. The lowest BCUT2D eigenvalue weighted by Gasteiger charge is -2.06. The first-order valence-electron chi connectivity index (χ1n) is 4.69. The zero-order valence-corrected chi connectivity index (χ0v) is 8.71. The number of ether oxygens (including phenoxy) is 1. The number of rotatable bonds is 3. The highest BCUT2D eigenvalue weighted by Crippen LogP contribution is 2.21. The molecule has 6 heteroatoms. The molecule has 0 aromatic carbocycles. The van der Waals surface area contributed by atoms with Crippen LogP contribution in [-0.4, -0.2) is 15.0 Å². The number of nitrogens with zero attached hydrogens (tertiary/aromatic N) is 3. The molecule has 0 saturated heterocycles. The van der Waals surface area contributed by atoms with Gasteiger partial charge in [-0.3, -0.25) is 10.4 Å². The Bertz CT molecular complexity index is 488. The third-order valence-corrected chi connectivity index (χ3v) is 1.93. The third-order valence-electron chi connectivity index (χ3n) is 1.93. The van der Waals surface area contributed by atoms with E-state index in [4.69, 9.17) is 10.6 Å². The Balaban J connectivity index is 2.24. The first kappa shape index (κ1) is 10.3. The third kappa shape index (κ3) is 2.23. The summed E-state index contributed by atoms with van der Waals surface area (Å²) in [5.74, 6) is 6.58. The molecule has 0 saturated carbocycles. The molecule has 0 atom stereocenters. The monoisotopic (exact) mass is 217 g/mol. The molecular weight excluding hydrogens is 206 g/mol. The minimum Gasteiger partial charge on any atom is -0.437 e. The van der Waals surface area contributed by atoms with E-state index in [1.807, 2.05) is 13.0 Å². The fourth-order valence-corrected chi connectivity index (χ4v) is 1.16. The topological polar surface area (TPSA) is 86.0 Å². The second-order valence-corrected chi connectivity index (χ2v) is 3.05. The van der Waals surface area contributed by atoms with Crippen molar-refractivity contribution in [2.24, 2.45) is 5.84 Å². The highest BCUT2D eigenvalue weighted by Gasteiger charge is 2.03. The highest BCUT2D eigenvalue weighted by atomic mass is 16.5. The van der Waals surface area contributed by atoms with E-state index in [-0.39, 0.29) is 0 Å². The average molecular weight is 217 g/mol. The van der Waals surface area contributed by atoms with Gasteiger partial charge in [-0.25, -0.2) is 10.8 Å². The van der Waals surface area contributed by atoms with E-state index in [1.54, 1.807) is 24.5 Å². The van der Waals surface area contributed by atoms with E-state index in [1.165, 1.54) is 0 Å². The van der Waals surface area contributed by atoms with Crippen LogP contribution in [0.25, 0.3) is 0 Å². The number of anilines is 1. The number of hydrogen-bond acceptors (Lipinski definition) is 6. The molecule has 0 unspecified atom stereocenters. The van der Waals surface area contributed by atoms with Crippen LogP contribution in [0.15, 0.2) is 30.6 Å². The van der Waals surface area contributed by atoms with Gasteiger partial charge in [0.1, 0.15) is 0 Å². The van der Waals surface area contributed by atoms with Crippen LogP contribution in [-0.2, 0) is 0 Å². The summed E-state index contributed by atoms with van der Waals surface area (Å²) in [5.41, 5.74) is 3.14. The smallest absolute Gasteiger partial charge is 0.240 e. The number of aromatic nitrogens is 3. The van der Waals surface area contributed by atoms with Gasteiger partial charge >= 0.3 is 0 Å². The molecule has 6 nitrogen and oxygen atoms in total. The van der Waals surface area contributed by atoms with Crippen LogP contribution in [0.5, 0.6) is 11.6 Å². The van der Waals surface area contributed by atoms with Crippen LogP contribution in [0.3, 0.4) is 0 Å². The van der Waals surface area contributed by atoms with Crippen LogP contribution in [0, 0.1) is 6.92 Å². The van der Waals surface area contributed by atoms with Crippen molar-refractivity contribution in [3.05, 3.63) is 36.3 Å². The maximum atomic E-state index is 5.54. The van der Waals surface area contributed by atoms with Crippen molar-refractivity contribution in [3.63, 3.8) is 0 Å². The largest absolute Gasteiger partial charge is 0.437 e. The van der Waals surface area contributed by atoms with Gasteiger partial charge in [0.25, 0.3) is 0 Å². The summed E-state index contributed by atoms with van der Waals surface area (Å²) < 4.78 is 5.54. The van der Waals surface area contributed by atoms with E-state index in [0.717, 1.165) is 5.69 Å². The quantitative estimate of drug-likeness (QED) is 0.594. The Morgan fingerprint density at radius 3 is 2.88 bits per heavy atom. The van der Waals surface area contributed by atoms with Gasteiger partial charge in [0, 0.05) is 18.5 Å². The summed E-state index contributed by atoms with van der Waals surface area (Å²) in [5, 5.41) is 0. The van der Waals surface area contributed by atoms with Gasteiger partial charge in [-0.05, 0) is 19.1 Å². The molecule has 0 amide bonds. The minimum absolute atomic E-state index is 0.305. The average Bonchev–Trinajstić information content (AvgIpc) is 2.32. The van der Waals surface area contributed by atoms with Crippen LogP contribution in [0.2, 0.25) is 0 Å². The highest BCUT2D eigenvalue weighted by molar-refractivity contribution is 5.32. The molecule has 0 aliphatic carbocycles. The van der Waals surface area contributed by atoms with Gasteiger partial charge in [0.05, 0.1) is 5.69 Å². The predicted octanol–water partition coefficient (Wildman–Crippen LogP) is 1.26. The van der Waals surface area contributed by atoms with Crippen LogP contribution in [0.4, 0.5) is 5.95 Å². The molecule has 0 fully saturated rings. The molecule has 0 radical (unpaired) electrons. The second-order valence-electron chi connectivity index (χ2n) is 3.05. The van der Waals surface area contributed by atoms with Gasteiger partial charge in [-0.15, -0.1) is 0 Å². The van der Waals surface area contributed by atoms with Gasteiger partial charge < -0.3 is 4.74 Å². The summed E-state index contributed by atoms with van der Waals surface area (Å²) in [4.78, 5) is 12.0. The van der Waals surface area contributed by atoms with E-state index >= 15 is 0 Å². The summed E-state index contributed by atoms with van der Waals surface area (Å²) >= 11 is 0. The normalized spacial score (nSPS) is 9.88. The first-order valence-corrected chi connectivity index (χ1v) is 4.69. The van der Waals surface area contributed by atoms with Crippen molar-refractivity contribution >= 4 is 5.95 Å². The maximum absolute atomic E-state index is 5.54. The molecule has 2 rings (SSSR count). The summed E-state index contributed by atoms with van der Waals surface area (Å²) in [7, 11) is 0. The molecule has 2 aromatic heterocycles. The van der Waals surface area contributed by atoms with E-state index < -0.39 is 0 Å². The molecule has 0 aliphatic rings. The number of nitrogens with two attached hydrogens (primary N) is 1. The summed E-state index contributed by atoms with van der Waals surface area (Å²) in [6, 6.07) is 5.26. The number of pyridine rings is 1. The Labute approximate surface area is 92.5 Å². The Hall–Kier alpha value is -2.21. The van der Waals surface area contributed by atoms with Crippen molar-refractivity contribution in [2.45, 2.75) is 6.92 Å². The zero-order chi connectivity index (χ0) is 11.4. The van der Waals surface area contributed by atoms with Gasteiger partial charge in [0.15, 0.2) is 5.75 Å². The second kappa shape index (κ2) is 4.54. The number of nitrogen functional groups attached to an aromatic ring is 1. The van der Waals surface area contributed by atoms with E-state index in [2.05, 4.69) is 20.4 Å². The lowest BCUT2D eigenvalue weighted by molar-refractivity contribution is 0.456. The van der Waals surface area contributed by atoms with Crippen molar-refractivity contribution < 1.29 is 4.74 Å². The fraction of sp³-hybridized carbons (Fsp3) is 0.100. The molecule has 0 bridgehead atoms. The lowest BCUT2D eigenvalue weighted by Crippen LogP contribution is -2.10. The van der Waals surface area contributed by atoms with Crippen molar-refractivity contribution in [1.29, 1.82) is 0 Å². The fourth-order valence-electron chi connectivity index (χ4n) is 1.16. The Kier molecular flexibility index (Phi) is 2.93. The van der Waals surface area contributed by atoms with E-state index in [0.29, 0.717) is 17.6 Å². The molecule has 2 aromatic rings. The Morgan fingerprint density at radius 2 is 2.12 bits per heavy atom.